The number of halogens is 1. The number of hydrogen-bond donors (Lipinski definition) is 2. The second-order valence-corrected chi connectivity index (χ2v) is 5.02. The lowest BCUT2D eigenvalue weighted by Crippen LogP contribution is -2.09. The van der Waals surface area contributed by atoms with E-state index < -0.39 is 0 Å². The molecule has 2 N–H and O–H groups in total. The number of rotatable bonds is 6. The standard InChI is InChI=1S/C16H19ClN2/c1-13-5-2-7-15(11-13)18-9-4-10-19-16-8-3-6-14(17)12-16/h2-3,5-8,11-12,18-19H,4,9-10H2,1H3. The average Bonchev–Trinajstić information content (AvgIpc) is 2.38. The predicted octanol–water partition coefficient (Wildman–Crippen LogP) is 4.56. The smallest absolute Gasteiger partial charge is 0.0426 e. The Morgan fingerprint density at radius 1 is 0.895 bits per heavy atom. The maximum Gasteiger partial charge on any atom is 0.0426 e. The van der Waals surface area contributed by atoms with Crippen LogP contribution in [0.25, 0.3) is 0 Å². The van der Waals surface area contributed by atoms with E-state index in [1.807, 2.05) is 24.3 Å². The van der Waals surface area contributed by atoms with Crippen molar-refractivity contribution in [3.63, 3.8) is 0 Å². The van der Waals surface area contributed by atoms with Crippen LogP contribution < -0.4 is 10.6 Å². The molecule has 0 heterocycles. The SMILES string of the molecule is Cc1cccc(NCCCNc2cccc(Cl)c2)c1. The van der Waals surface area contributed by atoms with Gasteiger partial charge in [0, 0.05) is 29.5 Å². The van der Waals surface area contributed by atoms with E-state index >= 15 is 0 Å². The molecule has 0 bridgehead atoms. The number of benzene rings is 2. The van der Waals surface area contributed by atoms with Gasteiger partial charge in [-0.05, 0) is 49.2 Å². The molecule has 0 radical (unpaired) electrons. The molecule has 2 nitrogen and oxygen atoms in total. The fraction of sp³-hybridized carbons (Fsp3) is 0.250. The van der Waals surface area contributed by atoms with E-state index in [9.17, 15) is 0 Å². The maximum atomic E-state index is 5.93. The minimum atomic E-state index is 0.767. The van der Waals surface area contributed by atoms with Crippen LogP contribution in [0, 0.1) is 6.92 Å². The van der Waals surface area contributed by atoms with Gasteiger partial charge in [-0.3, -0.25) is 0 Å². The molecule has 3 heteroatoms. The molecule has 2 aromatic carbocycles. The third-order valence-corrected chi connectivity index (χ3v) is 3.09. The average molecular weight is 275 g/mol. The molecule has 0 aliphatic heterocycles. The fourth-order valence-electron chi connectivity index (χ4n) is 1.91. The summed E-state index contributed by atoms with van der Waals surface area (Å²) in [6.45, 7) is 3.99. The number of aryl methyl sites for hydroxylation is 1. The van der Waals surface area contributed by atoms with Gasteiger partial charge in [-0.2, -0.15) is 0 Å². The van der Waals surface area contributed by atoms with Gasteiger partial charge in [0.2, 0.25) is 0 Å². The van der Waals surface area contributed by atoms with E-state index in [1.165, 1.54) is 11.3 Å². The molecule has 0 fully saturated rings. The van der Waals surface area contributed by atoms with Crippen molar-refractivity contribution in [3.05, 3.63) is 59.1 Å². The first kappa shape index (κ1) is 13.8. The topological polar surface area (TPSA) is 24.1 Å². The Morgan fingerprint density at radius 2 is 1.53 bits per heavy atom. The first-order chi connectivity index (χ1) is 9.24. The minimum absolute atomic E-state index is 0.767. The van der Waals surface area contributed by atoms with Gasteiger partial charge in [0.15, 0.2) is 0 Å². The lowest BCUT2D eigenvalue weighted by Gasteiger charge is -2.09. The molecule has 0 spiro atoms. The molecule has 0 atom stereocenters. The Labute approximate surface area is 119 Å². The van der Waals surface area contributed by atoms with Crippen LogP contribution in [-0.2, 0) is 0 Å². The summed E-state index contributed by atoms with van der Waals surface area (Å²) < 4.78 is 0. The van der Waals surface area contributed by atoms with Crippen molar-refractivity contribution in [1.29, 1.82) is 0 Å². The molecule has 2 aromatic rings. The quantitative estimate of drug-likeness (QED) is 0.755. The van der Waals surface area contributed by atoms with Crippen molar-refractivity contribution in [2.24, 2.45) is 0 Å². The Morgan fingerprint density at radius 3 is 2.16 bits per heavy atom. The van der Waals surface area contributed by atoms with Crippen LogP contribution in [0.4, 0.5) is 11.4 Å². The monoisotopic (exact) mass is 274 g/mol. The zero-order chi connectivity index (χ0) is 13.5. The lowest BCUT2D eigenvalue weighted by molar-refractivity contribution is 0.909. The Balaban J connectivity index is 1.67. The summed E-state index contributed by atoms with van der Waals surface area (Å²) in [6, 6.07) is 16.2. The van der Waals surface area contributed by atoms with Crippen molar-refractivity contribution >= 4 is 23.0 Å². The van der Waals surface area contributed by atoms with Crippen LogP contribution in [0.15, 0.2) is 48.5 Å². The second kappa shape index (κ2) is 7.05. The van der Waals surface area contributed by atoms with E-state index in [2.05, 4.69) is 41.8 Å². The largest absolute Gasteiger partial charge is 0.385 e. The Kier molecular flexibility index (Phi) is 5.10. The highest BCUT2D eigenvalue weighted by atomic mass is 35.5. The summed E-state index contributed by atoms with van der Waals surface area (Å²) in [5, 5.41) is 7.54. The lowest BCUT2D eigenvalue weighted by atomic mass is 10.2. The van der Waals surface area contributed by atoms with Crippen LogP contribution in [0.1, 0.15) is 12.0 Å². The third kappa shape index (κ3) is 4.84. The van der Waals surface area contributed by atoms with Crippen molar-refractivity contribution < 1.29 is 0 Å². The highest BCUT2D eigenvalue weighted by Gasteiger charge is 1.94. The van der Waals surface area contributed by atoms with Gasteiger partial charge in [0.1, 0.15) is 0 Å². The van der Waals surface area contributed by atoms with E-state index in [-0.39, 0.29) is 0 Å². The van der Waals surface area contributed by atoms with E-state index in [0.717, 1.165) is 30.2 Å². The molecule has 100 valence electrons. The highest BCUT2D eigenvalue weighted by molar-refractivity contribution is 6.30. The molecule has 0 saturated heterocycles. The predicted molar refractivity (Wildman–Crippen MR) is 84.2 cm³/mol. The van der Waals surface area contributed by atoms with E-state index in [4.69, 9.17) is 11.6 Å². The van der Waals surface area contributed by atoms with Crippen LogP contribution in [-0.4, -0.2) is 13.1 Å². The van der Waals surface area contributed by atoms with Gasteiger partial charge in [-0.1, -0.05) is 29.8 Å². The summed E-state index contributed by atoms with van der Waals surface area (Å²) in [5.41, 5.74) is 3.54. The molecule has 19 heavy (non-hydrogen) atoms. The molecule has 2 rings (SSSR count). The van der Waals surface area contributed by atoms with Crippen molar-refractivity contribution in [2.75, 3.05) is 23.7 Å². The van der Waals surface area contributed by atoms with Crippen molar-refractivity contribution in [1.82, 2.24) is 0 Å². The van der Waals surface area contributed by atoms with Gasteiger partial charge < -0.3 is 10.6 Å². The second-order valence-electron chi connectivity index (χ2n) is 4.59. The van der Waals surface area contributed by atoms with E-state index in [1.54, 1.807) is 0 Å². The fourth-order valence-corrected chi connectivity index (χ4v) is 2.10. The molecule has 0 amide bonds. The summed E-state index contributed by atoms with van der Waals surface area (Å²) in [4.78, 5) is 0. The first-order valence-electron chi connectivity index (χ1n) is 6.54. The van der Waals surface area contributed by atoms with Crippen LogP contribution in [0.5, 0.6) is 0 Å². The van der Waals surface area contributed by atoms with E-state index in [0.29, 0.717) is 0 Å². The first-order valence-corrected chi connectivity index (χ1v) is 6.92. The van der Waals surface area contributed by atoms with Crippen molar-refractivity contribution in [2.45, 2.75) is 13.3 Å². The number of nitrogens with one attached hydrogen (secondary N) is 2. The molecule has 0 aliphatic carbocycles. The number of anilines is 2. The Bertz CT molecular complexity index is 478. The zero-order valence-electron chi connectivity index (χ0n) is 11.1. The summed E-state index contributed by atoms with van der Waals surface area (Å²) in [5.74, 6) is 0. The Hall–Kier alpha value is -1.67. The number of hydrogen-bond acceptors (Lipinski definition) is 2. The molecular formula is C16H19ClN2. The summed E-state index contributed by atoms with van der Waals surface area (Å²) >= 11 is 5.93. The molecule has 0 unspecified atom stereocenters. The molecule has 0 aliphatic rings. The normalized spacial score (nSPS) is 10.2. The van der Waals surface area contributed by atoms with Crippen LogP contribution in [0.2, 0.25) is 5.02 Å². The summed E-state index contributed by atoms with van der Waals surface area (Å²) in [7, 11) is 0. The van der Waals surface area contributed by atoms with Crippen LogP contribution in [0.3, 0.4) is 0 Å². The highest BCUT2D eigenvalue weighted by Crippen LogP contribution is 2.14. The zero-order valence-corrected chi connectivity index (χ0v) is 11.9. The molecule has 0 aromatic heterocycles. The van der Waals surface area contributed by atoms with Gasteiger partial charge in [-0.25, -0.2) is 0 Å². The van der Waals surface area contributed by atoms with Crippen LogP contribution >= 0.6 is 11.6 Å². The molecular weight excluding hydrogens is 256 g/mol. The third-order valence-electron chi connectivity index (χ3n) is 2.85. The van der Waals surface area contributed by atoms with Gasteiger partial charge in [0.25, 0.3) is 0 Å². The van der Waals surface area contributed by atoms with Gasteiger partial charge in [0.05, 0.1) is 0 Å². The minimum Gasteiger partial charge on any atom is -0.385 e. The molecule has 0 saturated carbocycles. The maximum absolute atomic E-state index is 5.93. The van der Waals surface area contributed by atoms with Gasteiger partial charge >= 0.3 is 0 Å². The summed E-state index contributed by atoms with van der Waals surface area (Å²) in [6.07, 6.45) is 1.06. The van der Waals surface area contributed by atoms with Crippen molar-refractivity contribution in [3.8, 4) is 0 Å². The van der Waals surface area contributed by atoms with Gasteiger partial charge in [-0.15, -0.1) is 0 Å².